The van der Waals surface area contributed by atoms with Crippen molar-refractivity contribution < 1.29 is 14.6 Å². The number of ether oxygens (including phenoxy) is 1. The molecule has 0 amide bonds. The first-order valence-electron chi connectivity index (χ1n) is 3.59. The summed E-state index contributed by atoms with van der Waals surface area (Å²) in [5.74, 6) is 1.37. The van der Waals surface area contributed by atoms with E-state index in [2.05, 4.69) is 0 Å². The minimum atomic E-state index is -0.833. The highest BCUT2D eigenvalue weighted by Crippen LogP contribution is 2.27. The quantitative estimate of drug-likeness (QED) is 0.692. The van der Waals surface area contributed by atoms with Gasteiger partial charge in [-0.25, -0.2) is 4.79 Å². The molecule has 2 atom stereocenters. The second-order valence-electron chi connectivity index (χ2n) is 2.62. The highest BCUT2D eigenvalue weighted by atomic mass is 32.2. The van der Waals surface area contributed by atoms with Gasteiger partial charge in [0, 0.05) is 13.0 Å². The van der Waals surface area contributed by atoms with Crippen LogP contribution in [0.5, 0.6) is 0 Å². The number of carboxylic acid groups (broad SMARTS) is 1. The van der Waals surface area contributed by atoms with Crippen molar-refractivity contribution in [2.75, 3.05) is 18.6 Å². The molecule has 1 heterocycles. The Kier molecular flexibility index (Phi) is 3.20. The van der Waals surface area contributed by atoms with Crippen molar-refractivity contribution in [3.05, 3.63) is 0 Å². The first-order chi connectivity index (χ1) is 5.25. The summed E-state index contributed by atoms with van der Waals surface area (Å²) in [6.45, 7) is 0. The molecule has 0 aromatic carbocycles. The molecule has 1 saturated heterocycles. The largest absolute Gasteiger partial charge is 0.479 e. The van der Waals surface area contributed by atoms with Gasteiger partial charge in [-0.05, 0) is 17.9 Å². The molecule has 0 bridgehead atoms. The molecule has 0 aromatic rings. The fraction of sp³-hybridized carbons (Fsp3) is 0.857. The molecule has 1 aliphatic rings. The van der Waals surface area contributed by atoms with E-state index in [-0.39, 0.29) is 5.92 Å². The Morgan fingerprint density at radius 2 is 2.55 bits per heavy atom. The Labute approximate surface area is 70.1 Å². The SMILES string of the molecule is COC(C(=O)O)C1CCSC1. The van der Waals surface area contributed by atoms with Crippen LogP contribution in [0.1, 0.15) is 6.42 Å². The van der Waals surface area contributed by atoms with Gasteiger partial charge in [0.05, 0.1) is 0 Å². The van der Waals surface area contributed by atoms with Gasteiger partial charge in [0.1, 0.15) is 0 Å². The van der Waals surface area contributed by atoms with E-state index < -0.39 is 12.1 Å². The number of methoxy groups -OCH3 is 1. The monoisotopic (exact) mass is 176 g/mol. The number of thioether (sulfide) groups is 1. The van der Waals surface area contributed by atoms with Crippen molar-refractivity contribution in [2.24, 2.45) is 5.92 Å². The van der Waals surface area contributed by atoms with E-state index in [1.807, 2.05) is 0 Å². The maximum absolute atomic E-state index is 10.6. The van der Waals surface area contributed by atoms with E-state index in [0.717, 1.165) is 17.9 Å². The summed E-state index contributed by atoms with van der Waals surface area (Å²) < 4.78 is 4.88. The van der Waals surface area contributed by atoms with Crippen molar-refractivity contribution in [1.82, 2.24) is 0 Å². The van der Waals surface area contributed by atoms with Crippen molar-refractivity contribution in [1.29, 1.82) is 0 Å². The molecule has 0 aliphatic carbocycles. The van der Waals surface area contributed by atoms with Crippen molar-refractivity contribution in [3.8, 4) is 0 Å². The molecule has 2 unspecified atom stereocenters. The summed E-state index contributed by atoms with van der Waals surface area (Å²) >= 11 is 1.80. The summed E-state index contributed by atoms with van der Waals surface area (Å²) in [7, 11) is 1.46. The lowest BCUT2D eigenvalue weighted by Crippen LogP contribution is -2.31. The Morgan fingerprint density at radius 3 is 2.91 bits per heavy atom. The fourth-order valence-electron chi connectivity index (χ4n) is 1.29. The van der Waals surface area contributed by atoms with Crippen LogP contribution in [-0.4, -0.2) is 35.8 Å². The average molecular weight is 176 g/mol. The molecule has 64 valence electrons. The lowest BCUT2D eigenvalue weighted by atomic mass is 10.0. The number of rotatable bonds is 3. The second-order valence-corrected chi connectivity index (χ2v) is 3.77. The van der Waals surface area contributed by atoms with Gasteiger partial charge in [-0.2, -0.15) is 11.8 Å². The number of hydrogen-bond donors (Lipinski definition) is 1. The number of hydrogen-bond acceptors (Lipinski definition) is 3. The predicted octanol–water partition coefficient (Wildman–Crippen LogP) is 0.839. The fourth-order valence-corrected chi connectivity index (χ4v) is 2.57. The third-order valence-electron chi connectivity index (χ3n) is 1.89. The van der Waals surface area contributed by atoms with Crippen molar-refractivity contribution in [2.45, 2.75) is 12.5 Å². The lowest BCUT2D eigenvalue weighted by Gasteiger charge is -2.15. The van der Waals surface area contributed by atoms with Crippen LogP contribution in [0.25, 0.3) is 0 Å². The standard InChI is InChI=1S/C7H12O3S/c1-10-6(7(8)9)5-2-3-11-4-5/h5-6H,2-4H2,1H3,(H,8,9). The van der Waals surface area contributed by atoms with Gasteiger partial charge in [0.15, 0.2) is 6.10 Å². The molecule has 0 aromatic heterocycles. The van der Waals surface area contributed by atoms with E-state index >= 15 is 0 Å². The van der Waals surface area contributed by atoms with Gasteiger partial charge in [0.2, 0.25) is 0 Å². The third kappa shape index (κ3) is 2.10. The topological polar surface area (TPSA) is 46.5 Å². The van der Waals surface area contributed by atoms with Crippen molar-refractivity contribution in [3.63, 3.8) is 0 Å². The van der Waals surface area contributed by atoms with Crippen LogP contribution in [0.4, 0.5) is 0 Å². The average Bonchev–Trinajstić information content (AvgIpc) is 2.40. The predicted molar refractivity (Wildman–Crippen MR) is 43.9 cm³/mol. The van der Waals surface area contributed by atoms with Crippen LogP contribution < -0.4 is 0 Å². The second kappa shape index (κ2) is 3.97. The molecule has 11 heavy (non-hydrogen) atoms. The summed E-state index contributed by atoms with van der Waals surface area (Å²) in [6.07, 6.45) is 0.375. The molecular formula is C7H12O3S. The number of aliphatic carboxylic acids is 1. The van der Waals surface area contributed by atoms with E-state index in [0.29, 0.717) is 0 Å². The summed E-state index contributed by atoms with van der Waals surface area (Å²) in [6, 6.07) is 0. The Hall–Kier alpha value is -0.220. The van der Waals surface area contributed by atoms with Crippen molar-refractivity contribution >= 4 is 17.7 Å². The zero-order valence-electron chi connectivity index (χ0n) is 6.45. The van der Waals surface area contributed by atoms with E-state index in [9.17, 15) is 4.79 Å². The van der Waals surface area contributed by atoms with Gasteiger partial charge in [0.25, 0.3) is 0 Å². The van der Waals surface area contributed by atoms with Gasteiger partial charge in [-0.15, -0.1) is 0 Å². The first kappa shape index (κ1) is 8.87. The molecule has 4 heteroatoms. The molecule has 1 aliphatic heterocycles. The Bertz CT molecular complexity index is 143. The molecule has 0 radical (unpaired) electrons. The summed E-state index contributed by atoms with van der Waals surface area (Å²) in [4.78, 5) is 10.6. The van der Waals surface area contributed by atoms with Crippen LogP contribution in [0.3, 0.4) is 0 Å². The lowest BCUT2D eigenvalue weighted by molar-refractivity contribution is -0.151. The zero-order chi connectivity index (χ0) is 8.27. The number of carbonyl (C=O) groups is 1. The molecule has 3 nitrogen and oxygen atoms in total. The normalized spacial score (nSPS) is 26.8. The van der Waals surface area contributed by atoms with Crippen LogP contribution in [-0.2, 0) is 9.53 Å². The molecule has 1 N–H and O–H groups in total. The van der Waals surface area contributed by atoms with Gasteiger partial charge in [-0.3, -0.25) is 0 Å². The summed E-state index contributed by atoms with van der Waals surface area (Å²) in [5.41, 5.74) is 0. The van der Waals surface area contributed by atoms with Gasteiger partial charge >= 0.3 is 5.97 Å². The van der Waals surface area contributed by atoms with E-state index in [4.69, 9.17) is 9.84 Å². The third-order valence-corrected chi connectivity index (χ3v) is 3.08. The molecular weight excluding hydrogens is 164 g/mol. The van der Waals surface area contributed by atoms with Crippen LogP contribution in [0.2, 0.25) is 0 Å². The van der Waals surface area contributed by atoms with E-state index in [1.54, 1.807) is 11.8 Å². The van der Waals surface area contributed by atoms with Gasteiger partial charge in [-0.1, -0.05) is 0 Å². The number of carboxylic acids is 1. The Balaban J connectivity index is 2.46. The molecule has 1 fully saturated rings. The van der Waals surface area contributed by atoms with Crippen LogP contribution in [0.15, 0.2) is 0 Å². The Morgan fingerprint density at radius 1 is 1.82 bits per heavy atom. The smallest absolute Gasteiger partial charge is 0.333 e. The molecule has 0 spiro atoms. The highest BCUT2D eigenvalue weighted by Gasteiger charge is 2.30. The minimum absolute atomic E-state index is 0.211. The van der Waals surface area contributed by atoms with E-state index in [1.165, 1.54) is 7.11 Å². The maximum Gasteiger partial charge on any atom is 0.333 e. The highest BCUT2D eigenvalue weighted by molar-refractivity contribution is 7.99. The minimum Gasteiger partial charge on any atom is -0.479 e. The molecule has 0 saturated carbocycles. The first-order valence-corrected chi connectivity index (χ1v) is 4.74. The van der Waals surface area contributed by atoms with Gasteiger partial charge < -0.3 is 9.84 Å². The maximum atomic E-state index is 10.6. The van der Waals surface area contributed by atoms with Crippen LogP contribution >= 0.6 is 11.8 Å². The van der Waals surface area contributed by atoms with Crippen LogP contribution in [0, 0.1) is 5.92 Å². The summed E-state index contributed by atoms with van der Waals surface area (Å²) in [5, 5.41) is 8.70. The molecule has 1 rings (SSSR count). The zero-order valence-corrected chi connectivity index (χ0v) is 7.26.